The predicted octanol–water partition coefficient (Wildman–Crippen LogP) is -0.123. The van der Waals surface area contributed by atoms with Gasteiger partial charge in [-0.15, -0.1) is 0 Å². The van der Waals surface area contributed by atoms with Gasteiger partial charge in [0.15, 0.2) is 40.2 Å². The summed E-state index contributed by atoms with van der Waals surface area (Å²) in [5.41, 5.74) is 4.20. The lowest BCUT2D eigenvalue weighted by Crippen LogP contribution is -2.68. The van der Waals surface area contributed by atoms with Crippen LogP contribution in [0.5, 0.6) is 11.5 Å². The van der Waals surface area contributed by atoms with E-state index in [1.165, 1.54) is 24.5 Å². The van der Waals surface area contributed by atoms with Crippen molar-refractivity contribution in [2.75, 3.05) is 31.4 Å². The van der Waals surface area contributed by atoms with Crippen LogP contribution in [0.4, 0.5) is 5.69 Å². The van der Waals surface area contributed by atoms with Crippen LogP contribution in [0.1, 0.15) is 61.7 Å². The first-order valence-corrected chi connectivity index (χ1v) is 18.3. The van der Waals surface area contributed by atoms with E-state index < -0.39 is 79.3 Å². The highest BCUT2D eigenvalue weighted by Gasteiger charge is 2.57. The smallest absolute Gasteiger partial charge is 0.302 e. The van der Waals surface area contributed by atoms with Crippen LogP contribution in [-0.2, 0) is 19.1 Å². The summed E-state index contributed by atoms with van der Waals surface area (Å²) in [7, 11) is 0. The summed E-state index contributed by atoms with van der Waals surface area (Å²) < 4.78 is 24.7. The molecule has 8 rings (SSSR count). The Kier molecular flexibility index (Phi) is 10.2. The minimum Gasteiger partial charge on any atom is -0.499 e. The van der Waals surface area contributed by atoms with Crippen molar-refractivity contribution < 1.29 is 63.7 Å². The first kappa shape index (κ1) is 38.7. The molecule has 7 N–H and O–H groups in total. The summed E-state index contributed by atoms with van der Waals surface area (Å²) in [5, 5.41) is 55.1. The monoisotopic (exact) mass is 795 g/mol. The lowest BCUT2D eigenvalue weighted by molar-refractivity contribution is -0.323. The molecular weight excluding hydrogens is 758 g/mol. The fraction of sp³-hybridized carbons (Fsp3) is 0.325. The number of fused-ring (bicyclic) bond motifs is 6. The van der Waals surface area contributed by atoms with Gasteiger partial charge < -0.3 is 59.9 Å². The number of nitrogens with two attached hydrogens (primary N) is 1. The fourth-order valence-electron chi connectivity index (χ4n) is 7.71. The standard InChI is InChI=1S/C40H37N5O13/c41-39-43-36-29(37(53)44-39)42-18-45(36)26-8-4-3-5-21(26)20-10-14-55-17-27-32(51)35(52)40(54,11-13-47)38(57-27)58-33-24(20)15-25-28(34(33)56-16-19(48)9-12-46)31(50)23-7-2-1-6-22(23)30(25)49/h1-8,10,12,14-15,19-20,27,32,35,38,47-48,51-52,54H,9,11,13,16-18H2,(H2,41,44,53)/b14-10-/t19-,20+,27+,32+,35-,38-,40+/m1/s1. The van der Waals surface area contributed by atoms with Crippen molar-refractivity contribution in [3.63, 3.8) is 0 Å². The minimum atomic E-state index is -2.48. The Morgan fingerprint density at radius 3 is 2.52 bits per heavy atom. The average Bonchev–Trinajstić information content (AvgIpc) is 3.63. The number of para-hydroxylation sites is 1. The summed E-state index contributed by atoms with van der Waals surface area (Å²) in [4.78, 5) is 67.0. The van der Waals surface area contributed by atoms with Crippen LogP contribution in [0.25, 0.3) is 0 Å². The molecule has 1 saturated heterocycles. The van der Waals surface area contributed by atoms with E-state index in [4.69, 9.17) is 24.7 Å². The van der Waals surface area contributed by atoms with Gasteiger partial charge in [-0.3, -0.25) is 19.4 Å². The normalized spacial score (nSPS) is 27.2. The van der Waals surface area contributed by atoms with Gasteiger partial charge in [-0.25, -0.2) is 0 Å². The number of hydrogen-bond donors (Lipinski definition) is 6. The number of carbonyl (C=O) groups is 4. The number of amidine groups is 1. The molecule has 3 aromatic carbocycles. The van der Waals surface area contributed by atoms with Gasteiger partial charge in [0.25, 0.3) is 0 Å². The molecule has 1 amide bonds. The van der Waals surface area contributed by atoms with E-state index in [2.05, 4.69) is 15.0 Å². The Bertz CT molecular complexity index is 2340. The van der Waals surface area contributed by atoms with Crippen molar-refractivity contribution in [3.8, 4) is 11.5 Å². The molecule has 2 bridgehead atoms. The van der Waals surface area contributed by atoms with Crippen molar-refractivity contribution in [3.05, 3.63) is 100 Å². The topological polar surface area (TPSA) is 273 Å². The molecule has 5 aliphatic rings. The van der Waals surface area contributed by atoms with Gasteiger partial charge in [0.05, 0.1) is 17.9 Å². The zero-order chi connectivity index (χ0) is 40.9. The van der Waals surface area contributed by atoms with E-state index in [1.807, 2.05) is 0 Å². The quantitative estimate of drug-likeness (QED) is 0.121. The number of ketones is 2. The van der Waals surface area contributed by atoms with E-state index >= 15 is 0 Å². The summed E-state index contributed by atoms with van der Waals surface area (Å²) in [6, 6.07) is 14.5. The summed E-state index contributed by atoms with van der Waals surface area (Å²) in [5.74, 6) is -3.71. The number of carbonyl (C=O) groups excluding carboxylic acids is 4. The third-order valence-corrected chi connectivity index (χ3v) is 10.6. The molecule has 0 radical (unpaired) electrons. The van der Waals surface area contributed by atoms with Gasteiger partial charge in [0.1, 0.15) is 44.5 Å². The van der Waals surface area contributed by atoms with Gasteiger partial charge in [0, 0.05) is 53.3 Å². The second-order valence-electron chi connectivity index (χ2n) is 14.1. The van der Waals surface area contributed by atoms with Gasteiger partial charge in [0.2, 0.25) is 12.2 Å². The fourth-order valence-corrected chi connectivity index (χ4v) is 7.71. The number of guanidine groups is 1. The molecule has 4 aliphatic heterocycles. The van der Waals surface area contributed by atoms with Crippen molar-refractivity contribution in [2.45, 2.75) is 55.1 Å². The number of hydrogen-bond acceptors (Lipinski definition) is 17. The maximum atomic E-state index is 14.5. The van der Waals surface area contributed by atoms with E-state index in [9.17, 15) is 44.7 Å². The Morgan fingerprint density at radius 1 is 1.02 bits per heavy atom. The number of benzene rings is 3. The van der Waals surface area contributed by atoms with Crippen LogP contribution in [0.3, 0.4) is 0 Å². The second-order valence-corrected chi connectivity index (χ2v) is 14.1. The van der Waals surface area contributed by atoms with E-state index in [0.29, 0.717) is 17.5 Å². The van der Waals surface area contributed by atoms with E-state index in [-0.39, 0.29) is 76.5 Å². The third kappa shape index (κ3) is 6.45. The van der Waals surface area contributed by atoms with Crippen LogP contribution >= 0.6 is 0 Å². The first-order chi connectivity index (χ1) is 28.0. The third-order valence-electron chi connectivity index (χ3n) is 10.6. The number of aliphatic hydroxyl groups excluding tert-OH is 4. The maximum absolute atomic E-state index is 14.5. The molecule has 0 spiro atoms. The van der Waals surface area contributed by atoms with Crippen molar-refractivity contribution in [2.24, 2.45) is 20.7 Å². The van der Waals surface area contributed by atoms with Crippen LogP contribution < -0.4 is 20.1 Å². The number of aldehydes is 1. The van der Waals surface area contributed by atoms with Gasteiger partial charge in [-0.1, -0.05) is 42.5 Å². The minimum absolute atomic E-state index is 0.0137. The van der Waals surface area contributed by atoms with Crippen LogP contribution in [0.15, 0.2) is 81.9 Å². The number of ether oxygens (including phenoxy) is 4. The molecule has 7 atom stereocenters. The molecule has 18 heteroatoms. The molecule has 0 aromatic heterocycles. The molecule has 58 heavy (non-hydrogen) atoms. The summed E-state index contributed by atoms with van der Waals surface area (Å²) >= 11 is 0. The Labute approximate surface area is 329 Å². The highest BCUT2D eigenvalue weighted by molar-refractivity contribution is 6.72. The lowest BCUT2D eigenvalue weighted by Gasteiger charge is -2.47. The molecule has 0 unspecified atom stereocenters. The lowest BCUT2D eigenvalue weighted by atomic mass is 9.79. The largest absolute Gasteiger partial charge is 0.499 e. The highest BCUT2D eigenvalue weighted by atomic mass is 16.7. The number of anilines is 1. The predicted molar refractivity (Wildman–Crippen MR) is 202 cm³/mol. The molecule has 1 aliphatic carbocycles. The maximum Gasteiger partial charge on any atom is 0.302 e. The number of nitrogens with zero attached hydrogens (tertiary/aromatic N) is 4. The molecule has 0 saturated carbocycles. The summed E-state index contributed by atoms with van der Waals surface area (Å²) in [6.07, 6.45) is -5.80. The van der Waals surface area contributed by atoms with Gasteiger partial charge >= 0.3 is 5.91 Å². The Hall–Kier alpha value is -6.15. The Balaban J connectivity index is 1.40. The number of amides is 1. The zero-order valence-corrected chi connectivity index (χ0v) is 30.5. The van der Waals surface area contributed by atoms with Crippen LogP contribution in [0.2, 0.25) is 0 Å². The Morgan fingerprint density at radius 2 is 1.76 bits per heavy atom. The van der Waals surface area contributed by atoms with Crippen molar-refractivity contribution in [1.82, 2.24) is 0 Å². The number of aliphatic imine (C=N–C) groups is 3. The van der Waals surface area contributed by atoms with Gasteiger partial charge in [-0.05, 0) is 23.8 Å². The highest BCUT2D eigenvalue weighted by Crippen LogP contribution is 2.50. The van der Waals surface area contributed by atoms with E-state index in [1.54, 1.807) is 47.4 Å². The molecule has 4 heterocycles. The molecule has 1 fully saturated rings. The number of allylic oxidation sites excluding steroid dienone is 1. The molecular formula is C40H37N5O13. The van der Waals surface area contributed by atoms with Gasteiger partial charge in [-0.2, -0.15) is 9.98 Å². The first-order valence-electron chi connectivity index (χ1n) is 18.3. The molecule has 300 valence electrons. The summed E-state index contributed by atoms with van der Waals surface area (Å²) in [6.45, 7) is -1.69. The molecule has 18 nitrogen and oxygen atoms in total. The number of rotatable bonds is 9. The van der Waals surface area contributed by atoms with E-state index in [0.717, 1.165) is 0 Å². The van der Waals surface area contributed by atoms with Crippen LogP contribution in [0, 0.1) is 0 Å². The second kappa shape index (κ2) is 15.3. The van der Waals surface area contributed by atoms with Crippen molar-refractivity contribution >= 4 is 47.0 Å². The SMILES string of the molecule is NC1=NC(=O)C2=NCN(c3ccccc3[C@@H]3/C=C\OC[C@@H]4O[C@H](Oc5c3cc3c(c5OC[C@H](O)CC=O)C(=O)c5ccccc5C3=O)[C@](O)(CCO)[C@H](O)[C@H]4O)C2=N1. The average molecular weight is 796 g/mol. The zero-order valence-electron chi connectivity index (χ0n) is 30.5. The molecule has 3 aromatic rings. The number of aliphatic hydroxyl groups is 5. The van der Waals surface area contributed by atoms with Crippen molar-refractivity contribution in [1.29, 1.82) is 0 Å². The van der Waals surface area contributed by atoms with Crippen LogP contribution in [-0.4, -0.2) is 130 Å².